The zero-order valence-corrected chi connectivity index (χ0v) is 16.7. The normalized spacial score (nSPS) is 17.9. The Hall–Kier alpha value is -2.74. The lowest BCUT2D eigenvalue weighted by atomic mass is 9.89. The number of benzene rings is 1. The number of aryl methyl sites for hydroxylation is 3. The van der Waals surface area contributed by atoms with E-state index in [1.165, 1.54) is 6.07 Å². The van der Waals surface area contributed by atoms with E-state index in [1.807, 2.05) is 6.92 Å². The first kappa shape index (κ1) is 19.2. The number of hydrogen-bond acceptors (Lipinski definition) is 4. The Morgan fingerprint density at radius 1 is 1.07 bits per heavy atom. The molecule has 3 aromatic rings. The zero-order valence-electron chi connectivity index (χ0n) is 16.7. The van der Waals surface area contributed by atoms with Gasteiger partial charge in [-0.15, -0.1) is 10.2 Å². The molecule has 1 saturated carbocycles. The number of pyridine rings is 1. The van der Waals surface area contributed by atoms with Crippen LogP contribution in [0.2, 0.25) is 0 Å². The van der Waals surface area contributed by atoms with Crippen LogP contribution in [0.25, 0.3) is 16.8 Å². The molecule has 30 heavy (non-hydrogen) atoms. The Bertz CT molecular complexity index is 1150. The van der Waals surface area contributed by atoms with Crippen LogP contribution in [0.15, 0.2) is 30.6 Å². The Morgan fingerprint density at radius 3 is 2.53 bits per heavy atom. The lowest BCUT2D eigenvalue weighted by molar-refractivity contribution is -0.259. The van der Waals surface area contributed by atoms with Crippen LogP contribution < -0.4 is 0 Å². The van der Waals surface area contributed by atoms with Crippen molar-refractivity contribution in [3.8, 4) is 16.8 Å². The van der Waals surface area contributed by atoms with Gasteiger partial charge in [-0.1, -0.05) is 0 Å². The van der Waals surface area contributed by atoms with Crippen LogP contribution >= 0.6 is 0 Å². The molecule has 2 aromatic heterocycles. The third-order valence-corrected chi connectivity index (χ3v) is 6.18. The molecule has 1 atom stereocenters. The van der Waals surface area contributed by atoms with Gasteiger partial charge in [0.05, 0.1) is 5.69 Å². The first-order valence-electron chi connectivity index (χ1n) is 10.00. The van der Waals surface area contributed by atoms with Crippen molar-refractivity contribution >= 4 is 0 Å². The van der Waals surface area contributed by atoms with Crippen LogP contribution in [-0.4, -0.2) is 31.0 Å². The van der Waals surface area contributed by atoms with Crippen LogP contribution in [-0.2, 0) is 18.4 Å². The molecule has 1 aromatic carbocycles. The van der Waals surface area contributed by atoms with Crippen molar-refractivity contribution in [3.05, 3.63) is 58.9 Å². The van der Waals surface area contributed by atoms with Gasteiger partial charge in [0.25, 0.3) is 0 Å². The molecule has 0 spiro atoms. The Balaban J connectivity index is 1.67. The third kappa shape index (κ3) is 2.93. The minimum absolute atomic E-state index is 0.260. The smallest absolute Gasteiger partial charge is 0.376 e. The molecule has 0 bridgehead atoms. The van der Waals surface area contributed by atoms with Gasteiger partial charge in [-0.25, -0.2) is 0 Å². The lowest BCUT2D eigenvalue weighted by Crippen LogP contribution is -2.39. The summed E-state index contributed by atoms with van der Waals surface area (Å²) in [5, 5.41) is 18.6. The van der Waals surface area contributed by atoms with Crippen LogP contribution in [0, 0.1) is 6.92 Å². The molecule has 1 unspecified atom stereocenters. The largest absolute Gasteiger partial charge is 0.421 e. The zero-order chi connectivity index (χ0) is 21.3. The summed E-state index contributed by atoms with van der Waals surface area (Å²) in [4.78, 5) is 4.03. The molecule has 0 amide bonds. The molecule has 3 heterocycles. The maximum Gasteiger partial charge on any atom is 0.421 e. The van der Waals surface area contributed by atoms with Crippen molar-refractivity contribution in [1.29, 1.82) is 0 Å². The maximum absolute atomic E-state index is 13.4. The van der Waals surface area contributed by atoms with E-state index in [0.29, 0.717) is 11.5 Å². The predicted molar refractivity (Wildman–Crippen MR) is 104 cm³/mol. The standard InChI is InChI=1S/C22H21F3N4O/c1-12-27-28-20-6-5-14-8-17(18(13-3-4-13)9-19(14)29(12)20)15-7-16(11-26-10-15)21(2,30)22(23,24)25/h7-11,13,30H,3-6H2,1-2H3. The average molecular weight is 414 g/mol. The van der Waals surface area contributed by atoms with Gasteiger partial charge in [-0.2, -0.15) is 13.2 Å². The number of aliphatic hydroxyl groups is 1. The van der Waals surface area contributed by atoms with Crippen molar-refractivity contribution in [2.45, 2.75) is 57.2 Å². The fourth-order valence-corrected chi connectivity index (χ4v) is 4.18. The fraction of sp³-hybridized carbons (Fsp3) is 0.409. The Kier molecular flexibility index (Phi) is 4.09. The molecule has 0 radical (unpaired) electrons. The van der Waals surface area contributed by atoms with Gasteiger partial charge in [0.1, 0.15) is 11.6 Å². The average Bonchev–Trinajstić information content (AvgIpc) is 3.48. The van der Waals surface area contributed by atoms with Gasteiger partial charge < -0.3 is 5.11 Å². The number of halogens is 3. The second-order valence-electron chi connectivity index (χ2n) is 8.37. The van der Waals surface area contributed by atoms with E-state index in [4.69, 9.17) is 0 Å². The van der Waals surface area contributed by atoms with Gasteiger partial charge in [-0.05, 0) is 73.9 Å². The quantitative estimate of drug-likeness (QED) is 0.691. The van der Waals surface area contributed by atoms with E-state index in [1.54, 1.807) is 6.20 Å². The van der Waals surface area contributed by atoms with Gasteiger partial charge in [0.15, 0.2) is 5.60 Å². The molecule has 1 N–H and O–H groups in total. The number of rotatable bonds is 3. The third-order valence-electron chi connectivity index (χ3n) is 6.18. The molecule has 1 fully saturated rings. The van der Waals surface area contributed by atoms with Crippen LogP contribution in [0.5, 0.6) is 0 Å². The Morgan fingerprint density at radius 2 is 1.83 bits per heavy atom. The molecule has 1 aliphatic carbocycles. The summed E-state index contributed by atoms with van der Waals surface area (Å²) in [6.07, 6.45) is 1.52. The topological polar surface area (TPSA) is 63.8 Å². The number of hydrogen-bond donors (Lipinski definition) is 1. The highest BCUT2D eigenvalue weighted by Gasteiger charge is 2.51. The monoisotopic (exact) mass is 414 g/mol. The van der Waals surface area contributed by atoms with Crippen LogP contribution in [0.1, 0.15) is 54.0 Å². The van der Waals surface area contributed by atoms with Crippen molar-refractivity contribution in [3.63, 3.8) is 0 Å². The van der Waals surface area contributed by atoms with E-state index < -0.39 is 11.8 Å². The summed E-state index contributed by atoms with van der Waals surface area (Å²) in [5.74, 6) is 2.13. The summed E-state index contributed by atoms with van der Waals surface area (Å²) in [6.45, 7) is 2.68. The summed E-state index contributed by atoms with van der Waals surface area (Å²) in [6, 6.07) is 5.61. The summed E-state index contributed by atoms with van der Waals surface area (Å²) in [7, 11) is 0. The van der Waals surface area contributed by atoms with Gasteiger partial charge in [0.2, 0.25) is 0 Å². The van der Waals surface area contributed by atoms with Crippen molar-refractivity contribution < 1.29 is 18.3 Å². The van der Waals surface area contributed by atoms with E-state index in [-0.39, 0.29) is 5.56 Å². The number of alkyl halides is 3. The van der Waals surface area contributed by atoms with Crippen molar-refractivity contribution in [2.75, 3.05) is 0 Å². The molecule has 5 rings (SSSR count). The SMILES string of the molecule is Cc1nnc2n1-c1cc(C3CC3)c(-c3cncc(C(C)(O)C(F)(F)F)c3)cc1CC2. The first-order valence-corrected chi connectivity index (χ1v) is 10.00. The molecular formula is C22H21F3N4O. The summed E-state index contributed by atoms with van der Waals surface area (Å²) < 4.78 is 42.1. The highest BCUT2D eigenvalue weighted by molar-refractivity contribution is 5.72. The molecule has 2 aliphatic rings. The van der Waals surface area contributed by atoms with E-state index >= 15 is 0 Å². The van der Waals surface area contributed by atoms with Crippen LogP contribution in [0.3, 0.4) is 0 Å². The number of aromatic nitrogens is 4. The van der Waals surface area contributed by atoms with Gasteiger partial charge in [-0.3, -0.25) is 9.55 Å². The second kappa shape index (κ2) is 6.38. The number of nitrogens with zero attached hydrogens (tertiary/aromatic N) is 4. The van der Waals surface area contributed by atoms with Gasteiger partial charge in [0, 0.05) is 29.9 Å². The second-order valence-corrected chi connectivity index (χ2v) is 8.37. The first-order chi connectivity index (χ1) is 14.2. The molecule has 156 valence electrons. The molecule has 5 nitrogen and oxygen atoms in total. The minimum atomic E-state index is -4.79. The predicted octanol–water partition coefficient (Wildman–Crippen LogP) is 4.38. The minimum Gasteiger partial charge on any atom is -0.376 e. The maximum atomic E-state index is 13.4. The molecule has 1 aliphatic heterocycles. The number of fused-ring (bicyclic) bond motifs is 3. The molecule has 0 saturated heterocycles. The summed E-state index contributed by atoms with van der Waals surface area (Å²) in [5.41, 5.74) is 1.52. The van der Waals surface area contributed by atoms with Crippen molar-refractivity contribution in [2.24, 2.45) is 0 Å². The van der Waals surface area contributed by atoms with Crippen LogP contribution in [0.4, 0.5) is 13.2 Å². The molecular weight excluding hydrogens is 393 g/mol. The fourth-order valence-electron chi connectivity index (χ4n) is 4.18. The van der Waals surface area contributed by atoms with E-state index in [2.05, 4.69) is 31.9 Å². The highest BCUT2D eigenvalue weighted by Crippen LogP contribution is 2.47. The molecule has 8 heteroatoms. The van der Waals surface area contributed by atoms with Crippen molar-refractivity contribution in [1.82, 2.24) is 19.7 Å². The lowest BCUT2D eigenvalue weighted by Gasteiger charge is -2.27. The van der Waals surface area contributed by atoms with E-state index in [0.717, 1.165) is 72.8 Å². The van der Waals surface area contributed by atoms with E-state index in [9.17, 15) is 18.3 Å². The highest BCUT2D eigenvalue weighted by atomic mass is 19.4. The van der Waals surface area contributed by atoms with Gasteiger partial charge >= 0.3 is 6.18 Å². The summed E-state index contributed by atoms with van der Waals surface area (Å²) >= 11 is 0. The Labute approximate surface area is 171 Å².